The van der Waals surface area contributed by atoms with E-state index in [9.17, 15) is 9.59 Å². The monoisotopic (exact) mass is 401 g/mol. The Kier molecular flexibility index (Phi) is 6.19. The maximum Gasteiger partial charge on any atom is 0.331 e. The van der Waals surface area contributed by atoms with Crippen molar-refractivity contribution in [1.82, 2.24) is 15.1 Å². The molecule has 0 bridgehead atoms. The van der Waals surface area contributed by atoms with Gasteiger partial charge in [-0.2, -0.15) is 5.10 Å². The van der Waals surface area contributed by atoms with Crippen LogP contribution in [0.1, 0.15) is 42.3 Å². The van der Waals surface area contributed by atoms with E-state index in [1.165, 1.54) is 6.08 Å². The lowest BCUT2D eigenvalue weighted by Crippen LogP contribution is -2.36. The highest BCUT2D eigenvalue weighted by molar-refractivity contribution is 6.31. The first-order chi connectivity index (χ1) is 13.3. The number of amides is 1. The van der Waals surface area contributed by atoms with Gasteiger partial charge in [0, 0.05) is 28.4 Å². The van der Waals surface area contributed by atoms with Gasteiger partial charge in [0.05, 0.1) is 12.2 Å². The van der Waals surface area contributed by atoms with Crippen molar-refractivity contribution in [3.8, 4) is 0 Å². The van der Waals surface area contributed by atoms with Crippen LogP contribution in [0.25, 0.3) is 6.08 Å². The number of aromatic nitrogens is 2. The van der Waals surface area contributed by atoms with Crippen LogP contribution < -0.4 is 5.32 Å². The number of carbonyl (C=O) groups excluding carboxylic acids is 2. The number of hydrogen-bond donors (Lipinski definition) is 1. The first kappa shape index (κ1) is 20.1. The summed E-state index contributed by atoms with van der Waals surface area (Å²) in [6.45, 7) is 5.94. The zero-order chi connectivity index (χ0) is 20.3. The maximum atomic E-state index is 12.1. The van der Waals surface area contributed by atoms with E-state index in [2.05, 4.69) is 10.4 Å². The van der Waals surface area contributed by atoms with Crippen LogP contribution in [0, 0.1) is 13.8 Å². The zero-order valence-corrected chi connectivity index (χ0v) is 17.0. The second-order valence-corrected chi connectivity index (χ2v) is 7.44. The third kappa shape index (κ3) is 5.01. The molecule has 1 fully saturated rings. The van der Waals surface area contributed by atoms with E-state index in [1.807, 2.05) is 42.8 Å². The molecule has 6 nitrogen and oxygen atoms in total. The predicted molar refractivity (Wildman–Crippen MR) is 108 cm³/mol. The number of hydrogen-bond acceptors (Lipinski definition) is 4. The maximum absolute atomic E-state index is 12.1. The summed E-state index contributed by atoms with van der Waals surface area (Å²) in [5.74, 6) is -0.819. The highest BCUT2D eigenvalue weighted by Gasteiger charge is 2.26. The van der Waals surface area contributed by atoms with E-state index in [0.717, 1.165) is 35.4 Å². The average Bonchev–Trinajstić information content (AvgIpc) is 3.42. The molecule has 0 aliphatic heterocycles. The summed E-state index contributed by atoms with van der Waals surface area (Å²) < 4.78 is 7.03. The number of benzene rings is 1. The van der Waals surface area contributed by atoms with Gasteiger partial charge in [-0.1, -0.05) is 29.8 Å². The lowest BCUT2D eigenvalue weighted by molar-refractivity contribution is -0.150. The van der Waals surface area contributed by atoms with Gasteiger partial charge >= 0.3 is 5.97 Å². The lowest BCUT2D eigenvalue weighted by atomic mass is 10.1. The topological polar surface area (TPSA) is 73.2 Å². The van der Waals surface area contributed by atoms with Crippen LogP contribution in [-0.2, 0) is 20.9 Å². The molecule has 1 aliphatic rings. The Bertz CT molecular complexity index is 916. The van der Waals surface area contributed by atoms with Crippen molar-refractivity contribution in [2.45, 2.75) is 52.3 Å². The Morgan fingerprint density at radius 1 is 1.36 bits per heavy atom. The minimum absolute atomic E-state index is 0.235. The predicted octanol–water partition coefficient (Wildman–Crippen LogP) is 3.43. The molecule has 28 heavy (non-hydrogen) atoms. The summed E-state index contributed by atoms with van der Waals surface area (Å²) in [7, 11) is 0. The van der Waals surface area contributed by atoms with Gasteiger partial charge in [0.25, 0.3) is 5.91 Å². The summed E-state index contributed by atoms with van der Waals surface area (Å²) in [6.07, 6.45) is 4.17. The van der Waals surface area contributed by atoms with Crippen molar-refractivity contribution in [2.24, 2.45) is 0 Å². The number of rotatable bonds is 7. The molecule has 1 heterocycles. The third-order valence-electron chi connectivity index (χ3n) is 4.69. The molecule has 0 radical (unpaired) electrons. The van der Waals surface area contributed by atoms with Crippen LogP contribution in [0.2, 0.25) is 5.02 Å². The second-order valence-electron chi connectivity index (χ2n) is 7.03. The van der Waals surface area contributed by atoms with Gasteiger partial charge in [0.2, 0.25) is 0 Å². The summed E-state index contributed by atoms with van der Waals surface area (Å²) in [5, 5.41) is 8.05. The number of nitrogens with zero attached hydrogens (tertiary/aromatic N) is 2. The van der Waals surface area contributed by atoms with E-state index < -0.39 is 12.1 Å². The Morgan fingerprint density at radius 3 is 2.75 bits per heavy atom. The van der Waals surface area contributed by atoms with Crippen LogP contribution in [0.15, 0.2) is 30.3 Å². The molecule has 1 atom stereocenters. The SMILES string of the molecule is Cc1nn(Cc2ccccc2Cl)c(C)c1/C=C/C(=O)OC(C)C(=O)NC1CC1. The highest BCUT2D eigenvalue weighted by Crippen LogP contribution is 2.21. The fourth-order valence-electron chi connectivity index (χ4n) is 2.86. The molecule has 148 valence electrons. The van der Waals surface area contributed by atoms with Crippen LogP contribution in [-0.4, -0.2) is 33.8 Å². The van der Waals surface area contributed by atoms with Crippen LogP contribution >= 0.6 is 11.6 Å². The van der Waals surface area contributed by atoms with E-state index in [1.54, 1.807) is 13.0 Å². The second kappa shape index (κ2) is 8.61. The molecule has 1 amide bonds. The van der Waals surface area contributed by atoms with Crippen LogP contribution in [0.3, 0.4) is 0 Å². The lowest BCUT2D eigenvalue weighted by Gasteiger charge is -2.11. The molecule has 2 aromatic rings. The molecule has 0 saturated heterocycles. The van der Waals surface area contributed by atoms with Crippen molar-refractivity contribution in [1.29, 1.82) is 0 Å². The molecule has 1 aromatic heterocycles. The number of esters is 1. The molecule has 1 saturated carbocycles. The first-order valence-electron chi connectivity index (χ1n) is 9.31. The molecule has 3 rings (SSSR count). The minimum atomic E-state index is -0.817. The van der Waals surface area contributed by atoms with Crippen molar-refractivity contribution in [2.75, 3.05) is 0 Å². The normalized spacial score (nSPS) is 14.9. The van der Waals surface area contributed by atoms with Crippen LogP contribution in [0.4, 0.5) is 0 Å². The van der Waals surface area contributed by atoms with E-state index in [4.69, 9.17) is 16.3 Å². The fraction of sp³-hybridized carbons (Fsp3) is 0.381. The van der Waals surface area contributed by atoms with Crippen molar-refractivity contribution in [3.05, 3.63) is 57.9 Å². The quantitative estimate of drug-likeness (QED) is 0.569. The largest absolute Gasteiger partial charge is 0.449 e. The Balaban J connectivity index is 1.64. The Hall–Kier alpha value is -2.60. The van der Waals surface area contributed by atoms with Gasteiger partial charge in [-0.15, -0.1) is 0 Å². The summed E-state index contributed by atoms with van der Waals surface area (Å²) in [6, 6.07) is 7.86. The Labute approximate surface area is 169 Å². The molecule has 1 aliphatic carbocycles. The summed E-state index contributed by atoms with van der Waals surface area (Å²) in [5.41, 5.74) is 3.54. The molecular weight excluding hydrogens is 378 g/mol. The number of halogens is 1. The van der Waals surface area contributed by atoms with E-state index >= 15 is 0 Å². The molecule has 1 N–H and O–H groups in total. The van der Waals surface area contributed by atoms with Gasteiger partial charge < -0.3 is 10.1 Å². The standard InChI is InChI=1S/C21H24ClN3O3/c1-13-18(10-11-20(26)28-15(3)21(27)23-17-8-9-17)14(2)25(24-13)12-16-6-4-5-7-19(16)22/h4-7,10-11,15,17H,8-9,12H2,1-3H3,(H,23,27)/b11-10+. The smallest absolute Gasteiger partial charge is 0.331 e. The van der Waals surface area contributed by atoms with E-state index in [-0.39, 0.29) is 11.9 Å². The summed E-state index contributed by atoms with van der Waals surface area (Å²) >= 11 is 6.24. The molecule has 7 heteroatoms. The van der Waals surface area contributed by atoms with E-state index in [0.29, 0.717) is 11.6 Å². The average molecular weight is 402 g/mol. The van der Waals surface area contributed by atoms with Gasteiger partial charge in [-0.25, -0.2) is 4.79 Å². The highest BCUT2D eigenvalue weighted by atomic mass is 35.5. The number of carbonyl (C=O) groups is 2. The molecule has 0 spiro atoms. The van der Waals surface area contributed by atoms with Gasteiger partial charge in [0.1, 0.15) is 0 Å². The summed E-state index contributed by atoms with van der Waals surface area (Å²) in [4.78, 5) is 23.9. The minimum Gasteiger partial charge on any atom is -0.449 e. The van der Waals surface area contributed by atoms with Gasteiger partial charge in [-0.3, -0.25) is 9.48 Å². The number of aryl methyl sites for hydroxylation is 1. The number of ether oxygens (including phenoxy) is 1. The number of nitrogens with one attached hydrogen (secondary N) is 1. The molecule has 1 aromatic carbocycles. The van der Waals surface area contributed by atoms with Gasteiger partial charge in [0.15, 0.2) is 6.10 Å². The third-order valence-corrected chi connectivity index (χ3v) is 5.06. The zero-order valence-electron chi connectivity index (χ0n) is 16.2. The van der Waals surface area contributed by atoms with Crippen molar-refractivity contribution in [3.63, 3.8) is 0 Å². The molecule has 1 unspecified atom stereocenters. The van der Waals surface area contributed by atoms with Crippen molar-refractivity contribution < 1.29 is 14.3 Å². The molecular formula is C21H24ClN3O3. The first-order valence-corrected chi connectivity index (χ1v) is 9.69. The Morgan fingerprint density at radius 2 is 2.07 bits per heavy atom. The van der Waals surface area contributed by atoms with Crippen LogP contribution in [0.5, 0.6) is 0 Å². The fourth-order valence-corrected chi connectivity index (χ4v) is 3.05. The van der Waals surface area contributed by atoms with Crippen molar-refractivity contribution >= 4 is 29.6 Å². The van der Waals surface area contributed by atoms with Gasteiger partial charge in [-0.05, 0) is 51.3 Å².